The number of rotatable bonds is 22. The van der Waals surface area contributed by atoms with Gasteiger partial charge in [-0.1, -0.05) is 162 Å². The molecule has 9 atom stereocenters. The van der Waals surface area contributed by atoms with Crippen LogP contribution in [-0.2, 0) is 9.53 Å². The van der Waals surface area contributed by atoms with Gasteiger partial charge in [-0.05, 0) is 110 Å². The molecule has 0 spiro atoms. The fraction of sp³-hybridized carbons (Fsp3) is 0.894. The van der Waals surface area contributed by atoms with Crippen molar-refractivity contribution in [1.82, 2.24) is 0 Å². The lowest BCUT2D eigenvalue weighted by atomic mass is 9.47. The second-order valence-electron chi connectivity index (χ2n) is 18.6. The fourth-order valence-electron chi connectivity index (χ4n) is 11.8. The van der Waals surface area contributed by atoms with Crippen molar-refractivity contribution in [3.05, 3.63) is 23.8 Å². The second kappa shape index (κ2) is 20.3. The number of allylic oxidation sites excluding steroid dienone is 3. The minimum Gasteiger partial charge on any atom is -0.462 e. The van der Waals surface area contributed by atoms with Gasteiger partial charge in [-0.2, -0.15) is 0 Å². The molecule has 0 aliphatic heterocycles. The van der Waals surface area contributed by atoms with Crippen LogP contribution < -0.4 is 0 Å². The van der Waals surface area contributed by atoms with Crippen LogP contribution in [0.4, 0.5) is 0 Å². The van der Waals surface area contributed by atoms with Crippen LogP contribution in [-0.4, -0.2) is 12.1 Å². The van der Waals surface area contributed by atoms with Gasteiger partial charge in [0.2, 0.25) is 0 Å². The van der Waals surface area contributed by atoms with Crippen molar-refractivity contribution in [2.24, 2.45) is 52.3 Å². The highest BCUT2D eigenvalue weighted by atomic mass is 16.5. The largest absolute Gasteiger partial charge is 0.462 e. The predicted molar refractivity (Wildman–Crippen MR) is 212 cm³/mol. The van der Waals surface area contributed by atoms with Crippen LogP contribution in [0.3, 0.4) is 0 Å². The van der Waals surface area contributed by atoms with E-state index >= 15 is 0 Å². The lowest BCUT2D eigenvalue weighted by Crippen LogP contribution is -2.51. The molecule has 282 valence electrons. The highest BCUT2D eigenvalue weighted by molar-refractivity contribution is 5.69. The Bertz CT molecular complexity index is 1020. The predicted octanol–water partition coefficient (Wildman–Crippen LogP) is 14.6. The highest BCUT2D eigenvalue weighted by Gasteiger charge is 2.59. The third kappa shape index (κ3) is 11.0. The first kappa shape index (κ1) is 40.7. The van der Waals surface area contributed by atoms with Crippen LogP contribution in [0.25, 0.3) is 0 Å². The van der Waals surface area contributed by atoms with Crippen molar-refractivity contribution in [2.45, 2.75) is 215 Å². The first-order chi connectivity index (χ1) is 23.6. The molecule has 4 aliphatic rings. The smallest absolute Gasteiger partial charge is 0.306 e. The molecule has 0 unspecified atom stereocenters. The molecule has 2 heteroatoms. The average molecular weight is 679 g/mol. The van der Waals surface area contributed by atoms with Crippen LogP contribution in [0.15, 0.2) is 23.8 Å². The van der Waals surface area contributed by atoms with Crippen LogP contribution >= 0.6 is 0 Å². The Balaban J connectivity index is 1.13. The number of hydrogen-bond acceptors (Lipinski definition) is 2. The third-order valence-corrected chi connectivity index (χ3v) is 15.0. The Morgan fingerprint density at radius 1 is 0.776 bits per heavy atom. The van der Waals surface area contributed by atoms with E-state index in [0.717, 1.165) is 48.9 Å². The third-order valence-electron chi connectivity index (χ3n) is 15.0. The zero-order chi connectivity index (χ0) is 35.3. The zero-order valence-corrected chi connectivity index (χ0v) is 33.8. The minimum atomic E-state index is 0.0600. The molecule has 0 aromatic rings. The van der Waals surface area contributed by atoms with Crippen molar-refractivity contribution < 1.29 is 9.53 Å². The number of carbonyl (C=O) groups excluding carboxylic acids is 1. The van der Waals surface area contributed by atoms with E-state index in [4.69, 9.17) is 4.74 Å². The minimum absolute atomic E-state index is 0.0600. The SMILES string of the molecule is CCCCCCCCCCCCCCCCCC(=O)O[C@H]1CC[C@@]2(C)C(=CC[C@H]3[C@@H]4CC[C@H]([C@H](C)/C=C/[C@@H](CC)C(C)C)[C@@]4(C)CC[C@@H]32)C1. The summed E-state index contributed by atoms with van der Waals surface area (Å²) in [5.74, 6) is 5.56. The number of unbranched alkanes of at least 4 members (excludes halogenated alkanes) is 14. The monoisotopic (exact) mass is 679 g/mol. The molecular weight excluding hydrogens is 597 g/mol. The van der Waals surface area contributed by atoms with Gasteiger partial charge in [-0.15, -0.1) is 0 Å². The van der Waals surface area contributed by atoms with E-state index in [1.807, 2.05) is 0 Å². The summed E-state index contributed by atoms with van der Waals surface area (Å²) in [6, 6.07) is 0. The molecule has 0 aromatic heterocycles. The number of carbonyl (C=O) groups is 1. The second-order valence-corrected chi connectivity index (χ2v) is 18.6. The van der Waals surface area contributed by atoms with Gasteiger partial charge in [0.1, 0.15) is 6.10 Å². The molecular formula is C47H82O2. The maximum absolute atomic E-state index is 12.8. The molecule has 0 N–H and O–H groups in total. The number of esters is 1. The molecule has 0 bridgehead atoms. The molecule has 0 saturated heterocycles. The van der Waals surface area contributed by atoms with Crippen molar-refractivity contribution in [1.29, 1.82) is 0 Å². The summed E-state index contributed by atoms with van der Waals surface area (Å²) in [6.07, 6.45) is 40.3. The zero-order valence-electron chi connectivity index (χ0n) is 33.8. The maximum Gasteiger partial charge on any atom is 0.306 e. The van der Waals surface area contributed by atoms with Gasteiger partial charge >= 0.3 is 5.97 Å². The number of fused-ring (bicyclic) bond motifs is 5. The van der Waals surface area contributed by atoms with Gasteiger partial charge in [0.05, 0.1) is 0 Å². The lowest BCUT2D eigenvalue weighted by Gasteiger charge is -2.58. The van der Waals surface area contributed by atoms with Crippen molar-refractivity contribution in [3.8, 4) is 0 Å². The molecule has 0 radical (unpaired) electrons. The van der Waals surface area contributed by atoms with Crippen LogP contribution in [0.2, 0.25) is 0 Å². The Labute approximate surface area is 305 Å². The molecule has 3 saturated carbocycles. The number of ether oxygens (including phenoxy) is 1. The topological polar surface area (TPSA) is 26.3 Å². The summed E-state index contributed by atoms with van der Waals surface area (Å²) in [5, 5.41) is 0. The molecule has 4 rings (SSSR count). The van der Waals surface area contributed by atoms with Crippen LogP contribution in [0.5, 0.6) is 0 Å². The van der Waals surface area contributed by atoms with E-state index in [9.17, 15) is 4.79 Å². The van der Waals surface area contributed by atoms with Gasteiger partial charge in [0.25, 0.3) is 0 Å². The number of hydrogen-bond donors (Lipinski definition) is 0. The standard InChI is InChI=1S/C47H82O2/c1-8-10-11-12-13-14-15-16-17-18-19-20-21-22-23-24-45(48)49-40-31-33-46(6)39(35-40)27-28-41-43-30-29-42(47(43,7)34-32-44(41)46)37(5)25-26-38(9-2)36(3)4/h25-27,36-38,40-44H,8-24,28-35H2,1-7H3/b26-25+/t37-,38-,40+,41+,42-,43+,44+,46+,47-/m1/s1. The van der Waals surface area contributed by atoms with Gasteiger partial charge in [-0.3, -0.25) is 4.79 Å². The summed E-state index contributed by atoms with van der Waals surface area (Å²) in [4.78, 5) is 12.8. The molecule has 0 heterocycles. The summed E-state index contributed by atoms with van der Waals surface area (Å²) in [5.41, 5.74) is 2.45. The Hall–Kier alpha value is -1.05. The van der Waals surface area contributed by atoms with Gasteiger partial charge in [0.15, 0.2) is 0 Å². The van der Waals surface area contributed by atoms with E-state index < -0.39 is 0 Å². The molecule has 2 nitrogen and oxygen atoms in total. The summed E-state index contributed by atoms with van der Waals surface area (Å²) in [6.45, 7) is 17.2. The molecule has 0 aromatic carbocycles. The quantitative estimate of drug-likeness (QED) is 0.0647. The molecule has 3 fully saturated rings. The highest BCUT2D eigenvalue weighted by Crippen LogP contribution is 2.67. The van der Waals surface area contributed by atoms with Gasteiger partial charge < -0.3 is 4.74 Å². The van der Waals surface area contributed by atoms with Crippen LogP contribution in [0, 0.1) is 52.3 Å². The van der Waals surface area contributed by atoms with Crippen molar-refractivity contribution in [2.75, 3.05) is 0 Å². The average Bonchev–Trinajstić information content (AvgIpc) is 3.44. The molecule has 0 amide bonds. The van der Waals surface area contributed by atoms with Crippen LogP contribution in [0.1, 0.15) is 209 Å². The van der Waals surface area contributed by atoms with Gasteiger partial charge in [-0.25, -0.2) is 0 Å². The van der Waals surface area contributed by atoms with E-state index in [2.05, 4.69) is 66.7 Å². The normalized spacial score (nSPS) is 32.4. The van der Waals surface area contributed by atoms with E-state index in [-0.39, 0.29) is 12.1 Å². The Morgan fingerprint density at radius 3 is 1.98 bits per heavy atom. The first-order valence-corrected chi connectivity index (χ1v) is 22.2. The fourth-order valence-corrected chi connectivity index (χ4v) is 11.8. The van der Waals surface area contributed by atoms with Gasteiger partial charge in [0, 0.05) is 12.8 Å². The molecule has 4 aliphatic carbocycles. The molecule has 49 heavy (non-hydrogen) atoms. The summed E-state index contributed by atoms with van der Waals surface area (Å²) in [7, 11) is 0. The maximum atomic E-state index is 12.8. The van der Waals surface area contributed by atoms with Crippen molar-refractivity contribution in [3.63, 3.8) is 0 Å². The van der Waals surface area contributed by atoms with E-state index in [1.165, 1.54) is 135 Å². The lowest BCUT2D eigenvalue weighted by molar-refractivity contribution is -0.151. The van der Waals surface area contributed by atoms with E-state index in [1.54, 1.807) is 5.57 Å². The Morgan fingerprint density at radius 2 is 1.39 bits per heavy atom. The summed E-state index contributed by atoms with van der Waals surface area (Å²) >= 11 is 0. The van der Waals surface area contributed by atoms with Crippen molar-refractivity contribution >= 4 is 5.97 Å². The summed E-state index contributed by atoms with van der Waals surface area (Å²) < 4.78 is 6.14. The van der Waals surface area contributed by atoms with E-state index in [0.29, 0.717) is 29.1 Å². The first-order valence-electron chi connectivity index (χ1n) is 22.2. The Kier molecular flexibility index (Phi) is 16.8.